The zero-order valence-electron chi connectivity index (χ0n) is 20.3. The van der Waals surface area contributed by atoms with Crippen molar-refractivity contribution in [2.45, 2.75) is 39.3 Å². The molecule has 2 aromatic rings. The van der Waals surface area contributed by atoms with E-state index in [1.807, 2.05) is 6.92 Å². The molecule has 0 aromatic heterocycles. The van der Waals surface area contributed by atoms with E-state index in [0.29, 0.717) is 34.3 Å². The number of ether oxygens (including phenoxy) is 1. The van der Waals surface area contributed by atoms with Crippen LogP contribution >= 0.6 is 23.2 Å². The number of amides is 2. The number of rotatable bonds is 12. The van der Waals surface area contributed by atoms with E-state index in [2.05, 4.69) is 5.32 Å². The summed E-state index contributed by atoms with van der Waals surface area (Å²) in [5.41, 5.74) is 0.734. The third-order valence-corrected chi connectivity index (χ3v) is 7.19. The fraction of sp³-hybridized carbons (Fsp3) is 0.417. The van der Waals surface area contributed by atoms with E-state index in [9.17, 15) is 18.0 Å². The molecule has 8 nitrogen and oxygen atoms in total. The molecular formula is C24H31Cl2N3O5S. The van der Waals surface area contributed by atoms with Gasteiger partial charge in [-0.05, 0) is 37.1 Å². The lowest BCUT2D eigenvalue weighted by Gasteiger charge is -2.33. The number of sulfonamides is 1. The predicted molar refractivity (Wildman–Crippen MR) is 140 cm³/mol. The molecule has 11 heteroatoms. The fourth-order valence-corrected chi connectivity index (χ4v) is 4.88. The van der Waals surface area contributed by atoms with Crippen molar-refractivity contribution in [3.8, 4) is 5.75 Å². The molecule has 0 aliphatic carbocycles. The molecule has 2 aromatic carbocycles. The standard InChI is InChI=1S/C24H31Cl2N3O5S/c1-5-13-27-24(31)22(6-2)28(15-19-20(25)11-8-12-21(19)26)23(30)16-29(35(4,32)33)17-9-7-10-18(14-17)34-3/h7-12,14,22H,5-6,13,15-16H2,1-4H3,(H,27,31)/t22-/m1/s1. The quantitative estimate of drug-likeness (QED) is 0.434. The van der Waals surface area contributed by atoms with Crippen molar-refractivity contribution in [3.05, 3.63) is 58.1 Å². The molecule has 0 heterocycles. The lowest BCUT2D eigenvalue weighted by Crippen LogP contribution is -2.52. The Bertz CT molecular complexity index is 1120. The number of carbonyl (C=O) groups excluding carboxylic acids is 2. The van der Waals surface area contributed by atoms with E-state index < -0.39 is 28.5 Å². The van der Waals surface area contributed by atoms with Crippen LogP contribution in [0.1, 0.15) is 32.3 Å². The number of hydrogen-bond donors (Lipinski definition) is 1. The van der Waals surface area contributed by atoms with Crippen molar-refractivity contribution in [3.63, 3.8) is 0 Å². The predicted octanol–water partition coefficient (Wildman–Crippen LogP) is 4.10. The SMILES string of the molecule is CCCNC(=O)[C@@H](CC)N(Cc1c(Cl)cccc1Cl)C(=O)CN(c1cccc(OC)c1)S(C)(=O)=O. The van der Waals surface area contributed by atoms with Gasteiger partial charge in [-0.15, -0.1) is 0 Å². The zero-order chi connectivity index (χ0) is 26.2. The van der Waals surface area contributed by atoms with Crippen molar-refractivity contribution in [2.75, 3.05) is 30.8 Å². The van der Waals surface area contributed by atoms with E-state index in [4.69, 9.17) is 27.9 Å². The normalized spacial score (nSPS) is 12.1. The Kier molecular flexibility index (Phi) is 10.7. The molecule has 1 atom stereocenters. The lowest BCUT2D eigenvalue weighted by molar-refractivity contribution is -0.140. The Hall–Kier alpha value is -2.49. The van der Waals surface area contributed by atoms with Crippen LogP contribution in [0.2, 0.25) is 10.0 Å². The monoisotopic (exact) mass is 543 g/mol. The first-order valence-electron chi connectivity index (χ1n) is 11.1. The number of methoxy groups -OCH3 is 1. The van der Waals surface area contributed by atoms with Crippen molar-refractivity contribution in [1.82, 2.24) is 10.2 Å². The summed E-state index contributed by atoms with van der Waals surface area (Å²) in [6.07, 6.45) is 2.05. The van der Waals surface area contributed by atoms with Crippen molar-refractivity contribution in [2.24, 2.45) is 0 Å². The van der Waals surface area contributed by atoms with Crippen LogP contribution in [0.4, 0.5) is 5.69 Å². The molecule has 2 amide bonds. The first-order valence-corrected chi connectivity index (χ1v) is 13.8. The summed E-state index contributed by atoms with van der Waals surface area (Å²) in [6.45, 7) is 3.56. The Morgan fingerprint density at radius 1 is 1.09 bits per heavy atom. The van der Waals surface area contributed by atoms with Crippen LogP contribution < -0.4 is 14.4 Å². The summed E-state index contributed by atoms with van der Waals surface area (Å²) in [5, 5.41) is 3.50. The molecule has 1 N–H and O–H groups in total. The van der Waals surface area contributed by atoms with Gasteiger partial charge >= 0.3 is 0 Å². The summed E-state index contributed by atoms with van der Waals surface area (Å²) in [7, 11) is -2.39. The second-order valence-corrected chi connectivity index (χ2v) is 10.6. The molecule has 2 rings (SSSR count). The number of carbonyl (C=O) groups is 2. The van der Waals surface area contributed by atoms with Crippen LogP contribution in [-0.4, -0.2) is 57.6 Å². The smallest absolute Gasteiger partial charge is 0.244 e. The van der Waals surface area contributed by atoms with Gasteiger partial charge in [0.1, 0.15) is 18.3 Å². The molecule has 0 aliphatic heterocycles. The topological polar surface area (TPSA) is 96.0 Å². The molecule has 0 spiro atoms. The fourth-order valence-electron chi connectivity index (χ4n) is 3.52. The average molecular weight is 545 g/mol. The molecule has 0 unspecified atom stereocenters. The highest BCUT2D eigenvalue weighted by Gasteiger charge is 2.32. The first kappa shape index (κ1) is 28.7. The minimum atomic E-state index is -3.85. The highest BCUT2D eigenvalue weighted by atomic mass is 35.5. The van der Waals surface area contributed by atoms with Gasteiger partial charge in [-0.25, -0.2) is 8.42 Å². The largest absolute Gasteiger partial charge is 0.497 e. The summed E-state index contributed by atoms with van der Waals surface area (Å²) in [4.78, 5) is 27.9. The van der Waals surface area contributed by atoms with E-state index >= 15 is 0 Å². The zero-order valence-corrected chi connectivity index (χ0v) is 22.6. The third kappa shape index (κ3) is 7.75. The summed E-state index contributed by atoms with van der Waals surface area (Å²) < 4.78 is 31.5. The number of benzene rings is 2. The Balaban J connectivity index is 2.49. The van der Waals surface area contributed by atoms with Crippen LogP contribution in [0.15, 0.2) is 42.5 Å². The van der Waals surface area contributed by atoms with Crippen LogP contribution in [0.25, 0.3) is 0 Å². The molecule has 0 radical (unpaired) electrons. The molecular weight excluding hydrogens is 513 g/mol. The Morgan fingerprint density at radius 3 is 2.26 bits per heavy atom. The van der Waals surface area contributed by atoms with Gasteiger partial charge in [-0.3, -0.25) is 13.9 Å². The van der Waals surface area contributed by atoms with Gasteiger partial charge in [0.25, 0.3) is 0 Å². The first-order chi connectivity index (χ1) is 16.5. The molecule has 0 saturated heterocycles. The molecule has 0 aliphatic rings. The number of hydrogen-bond acceptors (Lipinski definition) is 5. The highest BCUT2D eigenvalue weighted by Crippen LogP contribution is 2.28. The minimum absolute atomic E-state index is 0.0644. The van der Waals surface area contributed by atoms with Gasteiger partial charge < -0.3 is 15.0 Å². The number of nitrogens with one attached hydrogen (secondary N) is 1. The Labute approximate surface area is 217 Å². The van der Waals surface area contributed by atoms with Crippen LogP contribution in [0, 0.1) is 0 Å². The average Bonchev–Trinajstić information content (AvgIpc) is 2.81. The number of nitrogens with zero attached hydrogens (tertiary/aromatic N) is 2. The maximum absolute atomic E-state index is 13.7. The molecule has 192 valence electrons. The minimum Gasteiger partial charge on any atom is -0.497 e. The van der Waals surface area contributed by atoms with E-state index in [1.165, 1.54) is 18.1 Å². The van der Waals surface area contributed by atoms with E-state index in [1.54, 1.807) is 43.3 Å². The van der Waals surface area contributed by atoms with Crippen molar-refractivity contribution >= 4 is 50.7 Å². The van der Waals surface area contributed by atoms with Crippen LogP contribution in [-0.2, 0) is 26.2 Å². The van der Waals surface area contributed by atoms with Crippen molar-refractivity contribution in [1.29, 1.82) is 0 Å². The lowest BCUT2D eigenvalue weighted by atomic mass is 10.1. The Morgan fingerprint density at radius 2 is 1.71 bits per heavy atom. The summed E-state index contributed by atoms with van der Waals surface area (Å²) in [6, 6.07) is 10.5. The molecule has 0 saturated carbocycles. The van der Waals surface area contributed by atoms with E-state index in [0.717, 1.165) is 17.0 Å². The third-order valence-electron chi connectivity index (χ3n) is 5.35. The van der Waals surface area contributed by atoms with Gasteiger partial charge in [-0.2, -0.15) is 0 Å². The van der Waals surface area contributed by atoms with Gasteiger partial charge in [-0.1, -0.05) is 49.2 Å². The molecule has 0 bridgehead atoms. The van der Waals surface area contributed by atoms with E-state index in [-0.39, 0.29) is 18.1 Å². The second kappa shape index (κ2) is 13.0. The summed E-state index contributed by atoms with van der Waals surface area (Å²) in [5.74, 6) is -0.473. The number of halogens is 2. The number of anilines is 1. The summed E-state index contributed by atoms with van der Waals surface area (Å²) >= 11 is 12.7. The molecule has 35 heavy (non-hydrogen) atoms. The van der Waals surface area contributed by atoms with Gasteiger partial charge in [0.05, 0.1) is 19.1 Å². The van der Waals surface area contributed by atoms with Gasteiger partial charge in [0.2, 0.25) is 21.8 Å². The van der Waals surface area contributed by atoms with Crippen molar-refractivity contribution < 1.29 is 22.7 Å². The molecule has 0 fully saturated rings. The van der Waals surface area contributed by atoms with Crippen LogP contribution in [0.3, 0.4) is 0 Å². The maximum Gasteiger partial charge on any atom is 0.244 e. The van der Waals surface area contributed by atoms with Gasteiger partial charge in [0.15, 0.2) is 0 Å². The second-order valence-electron chi connectivity index (χ2n) is 7.91. The highest BCUT2D eigenvalue weighted by molar-refractivity contribution is 7.92. The van der Waals surface area contributed by atoms with Crippen LogP contribution in [0.5, 0.6) is 5.75 Å². The maximum atomic E-state index is 13.7. The van der Waals surface area contributed by atoms with Gasteiger partial charge in [0, 0.05) is 34.8 Å².